The molecule has 0 aromatic heterocycles. The van der Waals surface area contributed by atoms with E-state index < -0.39 is 0 Å². The predicted molar refractivity (Wildman–Crippen MR) is 64.5 cm³/mol. The Morgan fingerprint density at radius 1 is 1.33 bits per heavy atom. The second-order valence-corrected chi connectivity index (χ2v) is 5.47. The first-order valence-corrected chi connectivity index (χ1v) is 6.02. The molecular formula is C12H18O2S. The molecule has 2 nitrogen and oxygen atoms in total. The number of rotatable bonds is 4. The fourth-order valence-corrected chi connectivity index (χ4v) is 1.86. The van der Waals surface area contributed by atoms with Gasteiger partial charge >= 0.3 is 0 Å². The number of hydrogen-bond donors (Lipinski definition) is 1. The maximum atomic E-state index is 9.25. The van der Waals surface area contributed by atoms with E-state index in [-0.39, 0.29) is 5.60 Å². The van der Waals surface area contributed by atoms with Crippen molar-refractivity contribution in [3.8, 4) is 5.75 Å². The summed E-state index contributed by atoms with van der Waals surface area (Å²) >= 11 is 1.69. The van der Waals surface area contributed by atoms with Crippen LogP contribution in [-0.2, 0) is 4.74 Å². The third-order valence-corrected chi connectivity index (χ3v) is 2.66. The highest BCUT2D eigenvalue weighted by Crippen LogP contribution is 2.22. The SMILES string of the molecule is CC(C)(C)OCCSc1cccc(O)c1. The summed E-state index contributed by atoms with van der Waals surface area (Å²) in [6, 6.07) is 7.28. The Morgan fingerprint density at radius 3 is 2.67 bits per heavy atom. The molecule has 1 rings (SSSR count). The smallest absolute Gasteiger partial charge is 0.116 e. The van der Waals surface area contributed by atoms with Gasteiger partial charge in [-0.15, -0.1) is 11.8 Å². The van der Waals surface area contributed by atoms with Gasteiger partial charge in [-0.1, -0.05) is 6.07 Å². The Morgan fingerprint density at radius 2 is 2.07 bits per heavy atom. The van der Waals surface area contributed by atoms with Gasteiger partial charge in [0.05, 0.1) is 12.2 Å². The van der Waals surface area contributed by atoms with Crippen molar-refractivity contribution in [3.05, 3.63) is 24.3 Å². The summed E-state index contributed by atoms with van der Waals surface area (Å²) in [4.78, 5) is 1.08. The van der Waals surface area contributed by atoms with Crippen molar-refractivity contribution in [2.45, 2.75) is 31.3 Å². The van der Waals surface area contributed by atoms with E-state index in [1.165, 1.54) is 0 Å². The van der Waals surface area contributed by atoms with Crippen molar-refractivity contribution in [1.82, 2.24) is 0 Å². The molecule has 0 unspecified atom stereocenters. The largest absolute Gasteiger partial charge is 0.508 e. The third kappa shape index (κ3) is 5.70. The van der Waals surface area contributed by atoms with Crippen molar-refractivity contribution < 1.29 is 9.84 Å². The number of ether oxygens (including phenoxy) is 1. The highest BCUT2D eigenvalue weighted by Gasteiger charge is 2.08. The fourth-order valence-electron chi connectivity index (χ4n) is 1.08. The van der Waals surface area contributed by atoms with E-state index in [4.69, 9.17) is 4.74 Å². The minimum atomic E-state index is -0.0701. The van der Waals surface area contributed by atoms with Crippen LogP contribution in [0.5, 0.6) is 5.75 Å². The highest BCUT2D eigenvalue weighted by molar-refractivity contribution is 7.99. The van der Waals surface area contributed by atoms with Crippen LogP contribution in [0.25, 0.3) is 0 Å². The summed E-state index contributed by atoms with van der Waals surface area (Å²) in [6.07, 6.45) is 0. The Hall–Kier alpha value is -0.670. The summed E-state index contributed by atoms with van der Waals surface area (Å²) in [5.74, 6) is 1.22. The Balaban J connectivity index is 2.26. The molecule has 1 aromatic carbocycles. The van der Waals surface area contributed by atoms with Crippen LogP contribution >= 0.6 is 11.8 Å². The molecule has 0 amide bonds. The van der Waals surface area contributed by atoms with Crippen molar-refractivity contribution in [3.63, 3.8) is 0 Å². The first kappa shape index (κ1) is 12.4. The quantitative estimate of drug-likeness (QED) is 0.631. The molecule has 15 heavy (non-hydrogen) atoms. The van der Waals surface area contributed by atoms with Crippen molar-refractivity contribution in [2.75, 3.05) is 12.4 Å². The zero-order valence-corrected chi connectivity index (χ0v) is 10.3. The van der Waals surface area contributed by atoms with E-state index in [1.807, 2.05) is 32.9 Å². The molecule has 0 fully saturated rings. The van der Waals surface area contributed by atoms with Crippen LogP contribution in [0.15, 0.2) is 29.2 Å². The Labute approximate surface area is 95.7 Å². The average Bonchev–Trinajstić information content (AvgIpc) is 2.11. The Kier molecular flexibility index (Phi) is 4.48. The third-order valence-electron chi connectivity index (χ3n) is 1.70. The molecule has 1 N–H and O–H groups in total. The number of aromatic hydroxyl groups is 1. The highest BCUT2D eigenvalue weighted by atomic mass is 32.2. The topological polar surface area (TPSA) is 29.5 Å². The zero-order valence-electron chi connectivity index (χ0n) is 9.49. The first-order chi connectivity index (χ1) is 6.97. The predicted octanol–water partition coefficient (Wildman–Crippen LogP) is 3.30. The van der Waals surface area contributed by atoms with Gasteiger partial charge in [0.1, 0.15) is 5.75 Å². The average molecular weight is 226 g/mol. The summed E-state index contributed by atoms with van der Waals surface area (Å²) in [7, 11) is 0. The summed E-state index contributed by atoms with van der Waals surface area (Å²) in [6.45, 7) is 6.87. The number of hydrogen-bond acceptors (Lipinski definition) is 3. The molecule has 3 heteroatoms. The maximum Gasteiger partial charge on any atom is 0.116 e. The van der Waals surface area contributed by atoms with Gasteiger partial charge in [0.25, 0.3) is 0 Å². The minimum absolute atomic E-state index is 0.0701. The van der Waals surface area contributed by atoms with Gasteiger partial charge in [-0.05, 0) is 39.0 Å². The number of phenolic OH excluding ortho intramolecular Hbond substituents is 1. The molecule has 0 atom stereocenters. The molecular weight excluding hydrogens is 208 g/mol. The van der Waals surface area contributed by atoms with Crippen LogP contribution in [0.1, 0.15) is 20.8 Å². The first-order valence-electron chi connectivity index (χ1n) is 5.03. The second kappa shape index (κ2) is 5.42. The lowest BCUT2D eigenvalue weighted by Gasteiger charge is -2.19. The second-order valence-electron chi connectivity index (χ2n) is 4.31. The lowest BCUT2D eigenvalue weighted by molar-refractivity contribution is 0.00695. The fraction of sp³-hybridized carbons (Fsp3) is 0.500. The molecule has 0 heterocycles. The van der Waals surface area contributed by atoms with Gasteiger partial charge in [-0.2, -0.15) is 0 Å². The van der Waals surface area contributed by atoms with Gasteiger partial charge in [0.15, 0.2) is 0 Å². The normalized spacial score (nSPS) is 11.7. The molecule has 0 aliphatic rings. The van der Waals surface area contributed by atoms with E-state index in [0.717, 1.165) is 17.3 Å². The van der Waals surface area contributed by atoms with E-state index in [1.54, 1.807) is 23.9 Å². The standard InChI is InChI=1S/C12H18O2S/c1-12(2,3)14-7-8-15-11-6-4-5-10(13)9-11/h4-6,9,13H,7-8H2,1-3H3. The van der Waals surface area contributed by atoms with Crippen LogP contribution in [0.2, 0.25) is 0 Å². The minimum Gasteiger partial charge on any atom is -0.508 e. The monoisotopic (exact) mass is 226 g/mol. The Bertz CT molecular complexity index is 305. The van der Waals surface area contributed by atoms with Crippen LogP contribution in [0, 0.1) is 0 Å². The number of phenols is 1. The molecule has 1 aromatic rings. The molecule has 0 radical (unpaired) electrons. The van der Waals surface area contributed by atoms with Gasteiger partial charge in [0.2, 0.25) is 0 Å². The van der Waals surface area contributed by atoms with Crippen molar-refractivity contribution in [2.24, 2.45) is 0 Å². The number of thioether (sulfide) groups is 1. The van der Waals surface area contributed by atoms with E-state index in [9.17, 15) is 5.11 Å². The molecule has 0 saturated carbocycles. The van der Waals surface area contributed by atoms with E-state index in [0.29, 0.717) is 5.75 Å². The molecule has 0 aliphatic heterocycles. The molecule has 0 spiro atoms. The lowest BCUT2D eigenvalue weighted by atomic mass is 10.2. The maximum absolute atomic E-state index is 9.25. The van der Waals surface area contributed by atoms with Crippen LogP contribution in [0.3, 0.4) is 0 Å². The summed E-state index contributed by atoms with van der Waals surface area (Å²) < 4.78 is 5.60. The van der Waals surface area contributed by atoms with Crippen LogP contribution in [-0.4, -0.2) is 23.1 Å². The van der Waals surface area contributed by atoms with Gasteiger partial charge in [-0.3, -0.25) is 0 Å². The van der Waals surface area contributed by atoms with E-state index in [2.05, 4.69) is 0 Å². The van der Waals surface area contributed by atoms with Crippen molar-refractivity contribution in [1.29, 1.82) is 0 Å². The molecule has 0 aliphatic carbocycles. The van der Waals surface area contributed by atoms with E-state index >= 15 is 0 Å². The molecule has 84 valence electrons. The number of benzene rings is 1. The van der Waals surface area contributed by atoms with Gasteiger partial charge in [-0.25, -0.2) is 0 Å². The summed E-state index contributed by atoms with van der Waals surface area (Å²) in [5, 5.41) is 9.25. The van der Waals surface area contributed by atoms with Crippen molar-refractivity contribution >= 4 is 11.8 Å². The van der Waals surface area contributed by atoms with Crippen LogP contribution < -0.4 is 0 Å². The molecule has 0 bridgehead atoms. The lowest BCUT2D eigenvalue weighted by Crippen LogP contribution is -2.20. The van der Waals surface area contributed by atoms with Crippen LogP contribution in [0.4, 0.5) is 0 Å². The van der Waals surface area contributed by atoms with Gasteiger partial charge in [0, 0.05) is 10.6 Å². The van der Waals surface area contributed by atoms with Gasteiger partial charge < -0.3 is 9.84 Å². The summed E-state index contributed by atoms with van der Waals surface area (Å²) in [5.41, 5.74) is -0.0701. The molecule has 0 saturated heterocycles. The zero-order chi connectivity index (χ0) is 11.3.